The second kappa shape index (κ2) is 9.04. The van der Waals surface area contributed by atoms with Crippen molar-refractivity contribution in [3.63, 3.8) is 0 Å². The Kier molecular flexibility index (Phi) is 7.40. The highest BCUT2D eigenvalue weighted by Crippen LogP contribution is 2.17. The highest BCUT2D eigenvalue weighted by molar-refractivity contribution is 7.14. The summed E-state index contributed by atoms with van der Waals surface area (Å²) in [5, 5.41) is 4.50. The van der Waals surface area contributed by atoms with Crippen LogP contribution in [0.1, 0.15) is 41.2 Å². The van der Waals surface area contributed by atoms with E-state index in [9.17, 15) is 19.2 Å². The van der Waals surface area contributed by atoms with Gasteiger partial charge in [0.1, 0.15) is 0 Å². The summed E-state index contributed by atoms with van der Waals surface area (Å²) in [6.07, 6.45) is -0.0878. The molecule has 0 aliphatic carbocycles. The predicted octanol–water partition coefficient (Wildman–Crippen LogP) is 1.80. The Morgan fingerprint density at radius 2 is 1.87 bits per heavy atom. The number of thiophene rings is 1. The molecular weight excluding hydrogens is 320 g/mol. The number of rotatable bonds is 7. The molecule has 8 heteroatoms. The molecule has 0 fully saturated rings. The highest BCUT2D eigenvalue weighted by Gasteiger charge is 2.14. The fourth-order valence-electron chi connectivity index (χ4n) is 1.60. The van der Waals surface area contributed by atoms with Crippen LogP contribution >= 0.6 is 11.3 Å². The van der Waals surface area contributed by atoms with Crippen LogP contribution in [0.25, 0.3) is 0 Å². The number of urea groups is 1. The third-order valence-electron chi connectivity index (χ3n) is 2.61. The number of nitrogens with one attached hydrogen (secondary N) is 2. The van der Waals surface area contributed by atoms with Crippen LogP contribution in [0.4, 0.5) is 4.79 Å². The van der Waals surface area contributed by atoms with Gasteiger partial charge in [-0.2, -0.15) is 0 Å². The van der Waals surface area contributed by atoms with Gasteiger partial charge in [-0.15, -0.1) is 11.3 Å². The molecule has 2 N–H and O–H groups in total. The number of imide groups is 1. The number of amides is 3. The lowest BCUT2D eigenvalue weighted by Gasteiger charge is -2.09. The van der Waals surface area contributed by atoms with E-state index in [4.69, 9.17) is 4.74 Å². The average molecular weight is 340 g/mol. The zero-order valence-electron chi connectivity index (χ0n) is 13.3. The van der Waals surface area contributed by atoms with Gasteiger partial charge in [0.15, 0.2) is 12.4 Å². The molecule has 0 aromatic carbocycles. The minimum Gasteiger partial charge on any atom is -0.456 e. The molecule has 7 nitrogen and oxygen atoms in total. The molecule has 0 saturated heterocycles. The molecule has 1 aromatic heterocycles. The van der Waals surface area contributed by atoms with Crippen molar-refractivity contribution in [2.75, 3.05) is 6.61 Å². The van der Waals surface area contributed by atoms with Crippen LogP contribution in [0.3, 0.4) is 0 Å². The second-order valence-corrected chi connectivity index (χ2v) is 6.46. The summed E-state index contributed by atoms with van der Waals surface area (Å²) >= 11 is 1.37. The molecule has 0 spiro atoms. The van der Waals surface area contributed by atoms with Gasteiger partial charge in [-0.25, -0.2) is 4.79 Å². The van der Waals surface area contributed by atoms with Gasteiger partial charge in [0.25, 0.3) is 5.91 Å². The SMILES string of the molecule is Cc1ccc(C(=O)CCC(=O)OCC(=O)NC(=O)NC(C)C)s1. The van der Waals surface area contributed by atoms with E-state index in [0.717, 1.165) is 4.88 Å². The molecule has 1 rings (SSSR count). The number of carbonyl (C=O) groups is 4. The minimum atomic E-state index is -0.725. The summed E-state index contributed by atoms with van der Waals surface area (Å²) in [7, 11) is 0. The Balaban J connectivity index is 2.25. The molecule has 1 aromatic rings. The fraction of sp³-hybridized carbons (Fsp3) is 0.467. The smallest absolute Gasteiger partial charge is 0.321 e. The number of ketones is 1. The first-order valence-corrected chi connectivity index (χ1v) is 7.95. The first-order valence-electron chi connectivity index (χ1n) is 7.13. The highest BCUT2D eigenvalue weighted by atomic mass is 32.1. The molecular formula is C15H20N2O5S. The van der Waals surface area contributed by atoms with Crippen LogP contribution in [-0.4, -0.2) is 36.3 Å². The van der Waals surface area contributed by atoms with Gasteiger partial charge in [-0.05, 0) is 32.9 Å². The Labute approximate surface area is 138 Å². The molecule has 0 saturated carbocycles. The van der Waals surface area contributed by atoms with Crippen molar-refractivity contribution < 1.29 is 23.9 Å². The topological polar surface area (TPSA) is 102 Å². The number of hydrogen-bond donors (Lipinski definition) is 2. The van der Waals surface area contributed by atoms with Gasteiger partial charge < -0.3 is 10.1 Å². The Hall–Kier alpha value is -2.22. The first-order chi connectivity index (χ1) is 10.8. The van der Waals surface area contributed by atoms with Crippen molar-refractivity contribution in [3.8, 4) is 0 Å². The van der Waals surface area contributed by atoms with Crippen LogP contribution in [0, 0.1) is 6.92 Å². The summed E-state index contributed by atoms with van der Waals surface area (Å²) in [6, 6.07) is 2.79. The normalized spacial score (nSPS) is 10.3. The van der Waals surface area contributed by atoms with Crippen molar-refractivity contribution in [1.29, 1.82) is 0 Å². The van der Waals surface area contributed by atoms with Crippen LogP contribution in [0.2, 0.25) is 0 Å². The van der Waals surface area contributed by atoms with Gasteiger partial charge in [0.05, 0.1) is 11.3 Å². The standard InChI is InChI=1S/C15H20N2O5S/c1-9(2)16-15(21)17-13(19)8-22-14(20)7-5-11(18)12-6-4-10(3)23-12/h4,6,9H,5,7-8H2,1-3H3,(H2,16,17,19,21). The lowest BCUT2D eigenvalue weighted by molar-refractivity contribution is -0.148. The Morgan fingerprint density at radius 1 is 1.17 bits per heavy atom. The Morgan fingerprint density at radius 3 is 2.43 bits per heavy atom. The third-order valence-corrected chi connectivity index (χ3v) is 3.65. The number of Topliss-reactive ketones (excluding diaryl/α,β-unsaturated/α-hetero) is 1. The summed E-state index contributed by atoms with van der Waals surface area (Å²) in [5.41, 5.74) is 0. The van der Waals surface area contributed by atoms with E-state index < -0.39 is 24.5 Å². The van der Waals surface area contributed by atoms with Crippen molar-refractivity contribution in [1.82, 2.24) is 10.6 Å². The van der Waals surface area contributed by atoms with Crippen molar-refractivity contribution in [2.45, 2.75) is 39.7 Å². The van der Waals surface area contributed by atoms with Crippen LogP contribution < -0.4 is 10.6 Å². The number of ether oxygens (including phenoxy) is 1. The summed E-state index contributed by atoms with van der Waals surface area (Å²) in [5.74, 6) is -1.52. The van der Waals surface area contributed by atoms with Gasteiger partial charge >= 0.3 is 12.0 Å². The van der Waals surface area contributed by atoms with E-state index in [1.54, 1.807) is 19.9 Å². The van der Waals surface area contributed by atoms with Gasteiger partial charge in [-0.3, -0.25) is 19.7 Å². The molecule has 0 bridgehead atoms. The van der Waals surface area contributed by atoms with Crippen molar-refractivity contribution in [2.24, 2.45) is 0 Å². The van der Waals surface area contributed by atoms with Crippen molar-refractivity contribution >= 4 is 35.0 Å². The van der Waals surface area contributed by atoms with Crippen LogP contribution in [0.5, 0.6) is 0 Å². The molecule has 0 radical (unpaired) electrons. The monoisotopic (exact) mass is 340 g/mol. The number of esters is 1. The molecule has 3 amide bonds. The quantitative estimate of drug-likeness (QED) is 0.582. The van der Waals surface area contributed by atoms with E-state index in [1.807, 2.05) is 18.3 Å². The first kappa shape index (κ1) is 18.8. The zero-order chi connectivity index (χ0) is 17.4. The maximum absolute atomic E-state index is 11.8. The van der Waals surface area contributed by atoms with Crippen LogP contribution in [-0.2, 0) is 14.3 Å². The van der Waals surface area contributed by atoms with E-state index in [1.165, 1.54) is 11.3 Å². The molecule has 0 aliphatic heterocycles. The van der Waals surface area contributed by atoms with Gasteiger partial charge in [0.2, 0.25) is 0 Å². The number of aryl methyl sites for hydroxylation is 1. The van der Waals surface area contributed by atoms with Gasteiger partial charge in [0, 0.05) is 17.3 Å². The molecule has 0 atom stereocenters. The molecule has 0 aliphatic rings. The molecule has 126 valence electrons. The van der Waals surface area contributed by atoms with E-state index in [2.05, 4.69) is 5.32 Å². The van der Waals surface area contributed by atoms with Gasteiger partial charge in [-0.1, -0.05) is 0 Å². The zero-order valence-corrected chi connectivity index (χ0v) is 14.1. The largest absolute Gasteiger partial charge is 0.456 e. The summed E-state index contributed by atoms with van der Waals surface area (Å²) < 4.78 is 4.72. The number of carbonyl (C=O) groups excluding carboxylic acids is 4. The molecule has 0 unspecified atom stereocenters. The maximum atomic E-state index is 11.8. The second-order valence-electron chi connectivity index (χ2n) is 5.17. The van der Waals surface area contributed by atoms with Crippen LogP contribution in [0.15, 0.2) is 12.1 Å². The maximum Gasteiger partial charge on any atom is 0.321 e. The Bertz CT molecular complexity index is 594. The lowest BCUT2D eigenvalue weighted by Crippen LogP contribution is -2.44. The molecule has 23 heavy (non-hydrogen) atoms. The van der Waals surface area contributed by atoms with E-state index in [0.29, 0.717) is 4.88 Å². The summed E-state index contributed by atoms with van der Waals surface area (Å²) in [4.78, 5) is 47.6. The van der Waals surface area contributed by atoms with Crippen molar-refractivity contribution in [3.05, 3.63) is 21.9 Å². The summed E-state index contributed by atoms with van der Waals surface area (Å²) in [6.45, 7) is 4.83. The average Bonchev–Trinajstić information content (AvgIpc) is 2.88. The predicted molar refractivity (Wildman–Crippen MR) is 85.4 cm³/mol. The number of hydrogen-bond acceptors (Lipinski definition) is 6. The minimum absolute atomic E-state index is 0.0221. The van der Waals surface area contributed by atoms with E-state index in [-0.39, 0.29) is 24.7 Å². The lowest BCUT2D eigenvalue weighted by atomic mass is 10.2. The molecule has 1 heterocycles. The van der Waals surface area contributed by atoms with E-state index >= 15 is 0 Å². The fourth-order valence-corrected chi connectivity index (χ4v) is 2.44. The third kappa shape index (κ3) is 7.55.